The molecule has 0 amide bonds. The minimum Gasteiger partial charge on any atom is -0.381 e. The normalized spacial score (nSPS) is 16.1. The fourth-order valence-corrected chi connectivity index (χ4v) is 6.08. The summed E-state index contributed by atoms with van der Waals surface area (Å²) in [5, 5.41) is 0. The average molecular weight is 492 g/mol. The Morgan fingerprint density at radius 2 is 1.07 bits per heavy atom. The number of benzene rings is 2. The van der Waals surface area contributed by atoms with Gasteiger partial charge in [-0.25, -0.2) is 0 Å². The molecule has 2 aromatic carbocycles. The maximum Gasteiger partial charge on any atom is 0.0507 e. The second kappa shape index (κ2) is 9.24. The maximum atomic E-state index is 6.00. The van der Waals surface area contributed by atoms with Crippen molar-refractivity contribution in [3.05, 3.63) is 66.6 Å². The third-order valence-electron chi connectivity index (χ3n) is 6.12. The minimum atomic E-state index is 0.792. The number of halogens is 2. The van der Waals surface area contributed by atoms with Gasteiger partial charge in [0.25, 0.3) is 0 Å². The summed E-state index contributed by atoms with van der Waals surface area (Å²) in [7, 11) is 0. The number of hydrogen-bond acceptors (Lipinski definition) is 1. The van der Waals surface area contributed by atoms with Crippen LogP contribution in [0, 0.1) is 0 Å². The highest BCUT2D eigenvalue weighted by atomic mass is 79.9. The third kappa shape index (κ3) is 4.52. The summed E-state index contributed by atoms with van der Waals surface area (Å²) in [5.74, 6) is 0. The standard InChI is InChI=1S/C24H28Br2O/c25-23-19(11-9-17-5-1-3-7-21(17)23)13-15-27-16-14-20-12-10-18-6-2-4-8-22(18)24(20)26/h9-12H,1-8,13-16H2. The first kappa shape index (κ1) is 19.7. The molecule has 144 valence electrons. The molecule has 0 aliphatic heterocycles. The molecule has 0 aromatic heterocycles. The van der Waals surface area contributed by atoms with Gasteiger partial charge in [-0.05, 0) is 97.6 Å². The van der Waals surface area contributed by atoms with E-state index in [2.05, 4.69) is 56.1 Å². The molecule has 1 nitrogen and oxygen atoms in total. The monoisotopic (exact) mass is 490 g/mol. The van der Waals surface area contributed by atoms with Crippen molar-refractivity contribution in [2.24, 2.45) is 0 Å². The molecular formula is C24H28Br2O. The summed E-state index contributed by atoms with van der Waals surface area (Å²) < 4.78 is 8.67. The fraction of sp³-hybridized carbons (Fsp3) is 0.500. The van der Waals surface area contributed by atoms with Crippen LogP contribution < -0.4 is 0 Å². The molecule has 0 bridgehead atoms. The molecule has 3 heteroatoms. The molecule has 2 aliphatic carbocycles. The lowest BCUT2D eigenvalue weighted by molar-refractivity contribution is 0.140. The molecule has 0 saturated heterocycles. The Labute approximate surface area is 180 Å². The molecule has 0 N–H and O–H groups in total. The number of fused-ring (bicyclic) bond motifs is 2. The van der Waals surface area contributed by atoms with Crippen molar-refractivity contribution in [1.29, 1.82) is 0 Å². The van der Waals surface area contributed by atoms with Gasteiger partial charge in [-0.3, -0.25) is 0 Å². The second-order valence-corrected chi connectivity index (χ2v) is 9.47. The first-order valence-corrected chi connectivity index (χ1v) is 12.0. The first-order chi connectivity index (χ1) is 13.2. The van der Waals surface area contributed by atoms with Gasteiger partial charge < -0.3 is 4.74 Å². The van der Waals surface area contributed by atoms with E-state index in [0.29, 0.717) is 0 Å². The van der Waals surface area contributed by atoms with Crippen molar-refractivity contribution in [3.8, 4) is 0 Å². The van der Waals surface area contributed by atoms with Crippen LogP contribution in [0.5, 0.6) is 0 Å². The van der Waals surface area contributed by atoms with Gasteiger partial charge in [0.2, 0.25) is 0 Å². The van der Waals surface area contributed by atoms with Gasteiger partial charge in [0.1, 0.15) is 0 Å². The highest BCUT2D eigenvalue weighted by Crippen LogP contribution is 2.32. The van der Waals surface area contributed by atoms with Gasteiger partial charge in [0, 0.05) is 8.95 Å². The Hall–Kier alpha value is -0.640. The van der Waals surface area contributed by atoms with Crippen LogP contribution in [-0.4, -0.2) is 13.2 Å². The summed E-state index contributed by atoms with van der Waals surface area (Å²) in [6.45, 7) is 1.58. The van der Waals surface area contributed by atoms with E-state index in [0.717, 1.165) is 26.1 Å². The van der Waals surface area contributed by atoms with Crippen LogP contribution >= 0.6 is 31.9 Å². The molecule has 4 rings (SSSR count). The van der Waals surface area contributed by atoms with Crippen LogP contribution in [0.15, 0.2) is 33.2 Å². The van der Waals surface area contributed by atoms with Crippen molar-refractivity contribution in [2.45, 2.75) is 64.2 Å². The Morgan fingerprint density at radius 3 is 1.56 bits per heavy atom. The van der Waals surface area contributed by atoms with Crippen molar-refractivity contribution in [2.75, 3.05) is 13.2 Å². The molecule has 27 heavy (non-hydrogen) atoms. The topological polar surface area (TPSA) is 9.23 Å². The van der Waals surface area contributed by atoms with E-state index < -0.39 is 0 Å². The van der Waals surface area contributed by atoms with Crippen LogP contribution in [0.25, 0.3) is 0 Å². The molecular weight excluding hydrogens is 464 g/mol. The van der Waals surface area contributed by atoms with Gasteiger partial charge in [-0.1, -0.05) is 56.1 Å². The van der Waals surface area contributed by atoms with E-state index in [4.69, 9.17) is 4.74 Å². The van der Waals surface area contributed by atoms with Crippen molar-refractivity contribution in [1.82, 2.24) is 0 Å². The summed E-state index contributed by atoms with van der Waals surface area (Å²) in [4.78, 5) is 0. The highest BCUT2D eigenvalue weighted by Gasteiger charge is 2.16. The zero-order valence-electron chi connectivity index (χ0n) is 16.0. The highest BCUT2D eigenvalue weighted by molar-refractivity contribution is 9.10. The first-order valence-electron chi connectivity index (χ1n) is 10.4. The van der Waals surface area contributed by atoms with Crippen molar-refractivity contribution < 1.29 is 4.74 Å². The van der Waals surface area contributed by atoms with Crippen molar-refractivity contribution in [3.63, 3.8) is 0 Å². The lowest BCUT2D eigenvalue weighted by Gasteiger charge is -2.20. The SMILES string of the molecule is Brc1c(CCOCCc2ccc3c(c2Br)CCCC3)ccc2c1CCCC2. The summed E-state index contributed by atoms with van der Waals surface area (Å²) in [5.41, 5.74) is 8.94. The number of hydrogen-bond donors (Lipinski definition) is 0. The van der Waals surface area contributed by atoms with E-state index in [9.17, 15) is 0 Å². The molecule has 0 saturated carbocycles. The van der Waals surface area contributed by atoms with Crippen molar-refractivity contribution >= 4 is 31.9 Å². The molecule has 0 atom stereocenters. The molecule has 2 aromatic rings. The Kier molecular flexibility index (Phi) is 6.73. The van der Waals surface area contributed by atoms with Crippen LogP contribution in [0.2, 0.25) is 0 Å². The van der Waals surface area contributed by atoms with E-state index in [1.54, 1.807) is 0 Å². The zero-order chi connectivity index (χ0) is 18.6. The Bertz CT molecular complexity index is 745. The predicted molar refractivity (Wildman–Crippen MR) is 120 cm³/mol. The lowest BCUT2D eigenvalue weighted by atomic mass is 9.90. The van der Waals surface area contributed by atoms with Crippen LogP contribution in [0.4, 0.5) is 0 Å². The lowest BCUT2D eigenvalue weighted by Crippen LogP contribution is -2.09. The van der Waals surface area contributed by atoms with Crippen LogP contribution in [0.3, 0.4) is 0 Å². The largest absolute Gasteiger partial charge is 0.381 e. The molecule has 0 radical (unpaired) electrons. The maximum absolute atomic E-state index is 6.00. The average Bonchev–Trinajstić information content (AvgIpc) is 2.71. The van der Waals surface area contributed by atoms with Gasteiger partial charge in [0.05, 0.1) is 13.2 Å². The molecule has 0 spiro atoms. The van der Waals surface area contributed by atoms with E-state index >= 15 is 0 Å². The van der Waals surface area contributed by atoms with Gasteiger partial charge in [0.15, 0.2) is 0 Å². The quantitative estimate of drug-likeness (QED) is 0.405. The smallest absolute Gasteiger partial charge is 0.0507 e. The molecule has 0 fully saturated rings. The molecule has 2 aliphatic rings. The Morgan fingerprint density at radius 1 is 0.630 bits per heavy atom. The van der Waals surface area contributed by atoms with E-state index in [1.807, 2.05) is 0 Å². The second-order valence-electron chi connectivity index (χ2n) is 7.88. The number of aryl methyl sites for hydroxylation is 2. The number of ether oxygens (including phenoxy) is 1. The van der Waals surface area contributed by atoms with Gasteiger partial charge in [-0.2, -0.15) is 0 Å². The molecule has 0 heterocycles. The zero-order valence-corrected chi connectivity index (χ0v) is 19.1. The van der Waals surface area contributed by atoms with E-state index in [-0.39, 0.29) is 0 Å². The van der Waals surface area contributed by atoms with Crippen LogP contribution in [0.1, 0.15) is 59.1 Å². The fourth-order valence-electron chi connectivity index (χ4n) is 4.52. The van der Waals surface area contributed by atoms with Gasteiger partial charge >= 0.3 is 0 Å². The minimum absolute atomic E-state index is 0.792. The predicted octanol–water partition coefficient (Wildman–Crippen LogP) is 6.77. The third-order valence-corrected chi connectivity index (χ3v) is 8.09. The van der Waals surface area contributed by atoms with Crippen LogP contribution in [-0.2, 0) is 43.3 Å². The van der Waals surface area contributed by atoms with E-state index in [1.165, 1.54) is 93.7 Å². The summed E-state index contributed by atoms with van der Waals surface area (Å²) in [6, 6.07) is 9.24. The van der Waals surface area contributed by atoms with Gasteiger partial charge in [-0.15, -0.1) is 0 Å². The molecule has 0 unspecified atom stereocenters. The summed E-state index contributed by atoms with van der Waals surface area (Å²) >= 11 is 7.71. The Balaban J connectivity index is 1.29. The number of rotatable bonds is 6. The summed E-state index contributed by atoms with van der Waals surface area (Å²) in [6.07, 6.45) is 12.2.